The second-order valence-electron chi connectivity index (χ2n) is 9.00. The molecule has 37 heavy (non-hydrogen) atoms. The molecule has 2 aromatic carbocycles. The molecule has 0 spiro atoms. The Morgan fingerprint density at radius 3 is 2.41 bits per heavy atom. The molecule has 200 valence electrons. The monoisotopic (exact) mass is 568 g/mol. The summed E-state index contributed by atoms with van der Waals surface area (Å²) < 4.78 is 45.5. The molecule has 0 saturated carbocycles. The van der Waals surface area contributed by atoms with E-state index in [1.165, 1.54) is 22.5 Å². The topological polar surface area (TPSA) is 85.4 Å². The summed E-state index contributed by atoms with van der Waals surface area (Å²) in [6.07, 6.45) is 3.54. The average molecular weight is 570 g/mol. The first-order chi connectivity index (χ1) is 17.7. The van der Waals surface area contributed by atoms with E-state index >= 15 is 0 Å². The van der Waals surface area contributed by atoms with E-state index in [4.69, 9.17) is 37.4 Å². The fourth-order valence-corrected chi connectivity index (χ4v) is 7.68. The number of rotatable bonds is 9. The molecule has 0 aromatic heterocycles. The zero-order chi connectivity index (χ0) is 26.7. The van der Waals surface area contributed by atoms with Gasteiger partial charge in [-0.2, -0.15) is 4.31 Å². The Hall–Kier alpha value is -2.46. The number of amides is 1. The summed E-state index contributed by atoms with van der Waals surface area (Å²) in [5.41, 5.74) is 0. The van der Waals surface area contributed by atoms with Gasteiger partial charge in [-0.15, -0.1) is 6.58 Å². The van der Waals surface area contributed by atoms with E-state index in [1.807, 2.05) is 0 Å². The van der Waals surface area contributed by atoms with E-state index in [1.54, 1.807) is 43.4 Å². The van der Waals surface area contributed by atoms with Crippen molar-refractivity contribution in [2.45, 2.75) is 36.2 Å². The van der Waals surface area contributed by atoms with Gasteiger partial charge in [0.2, 0.25) is 15.9 Å². The molecule has 8 nitrogen and oxygen atoms in total. The Morgan fingerprint density at radius 1 is 1.05 bits per heavy atom. The molecule has 3 atom stereocenters. The van der Waals surface area contributed by atoms with Gasteiger partial charge in [0.05, 0.1) is 25.7 Å². The summed E-state index contributed by atoms with van der Waals surface area (Å²) in [6, 6.07) is 8.20. The Bertz CT molecular complexity index is 1250. The number of hydrogen-bond acceptors (Lipinski definition) is 6. The summed E-state index contributed by atoms with van der Waals surface area (Å²) in [5, 5.41) is 0.429. The molecule has 2 fully saturated rings. The van der Waals surface area contributed by atoms with E-state index in [0.29, 0.717) is 36.6 Å². The summed E-state index contributed by atoms with van der Waals surface area (Å²) in [6.45, 7) is 4.81. The minimum Gasteiger partial charge on any atom is -0.493 e. The van der Waals surface area contributed by atoms with E-state index in [-0.39, 0.29) is 39.9 Å². The van der Waals surface area contributed by atoms with Crippen molar-refractivity contribution in [1.29, 1.82) is 0 Å². The van der Waals surface area contributed by atoms with Crippen LogP contribution in [0.4, 0.5) is 0 Å². The van der Waals surface area contributed by atoms with Crippen molar-refractivity contribution in [3.05, 3.63) is 59.1 Å². The molecule has 11 heteroatoms. The number of hydrogen-bond donors (Lipinski definition) is 0. The van der Waals surface area contributed by atoms with E-state index in [0.717, 1.165) is 6.42 Å². The quantitative estimate of drug-likeness (QED) is 0.409. The van der Waals surface area contributed by atoms with Crippen LogP contribution in [0.15, 0.2) is 53.9 Å². The molecular formula is C26H30Cl2N2O6S. The van der Waals surface area contributed by atoms with Crippen molar-refractivity contribution in [3.63, 3.8) is 0 Å². The van der Waals surface area contributed by atoms with Gasteiger partial charge in [-0.25, -0.2) is 8.42 Å². The lowest BCUT2D eigenvalue weighted by atomic mass is 9.90. The number of halogens is 2. The molecule has 0 aliphatic carbocycles. The second-order valence-corrected chi connectivity index (χ2v) is 11.7. The first-order valence-corrected chi connectivity index (χ1v) is 14.1. The minimum absolute atomic E-state index is 0.0252. The fraction of sp³-hybridized carbons (Fsp3) is 0.423. The van der Waals surface area contributed by atoms with Gasteiger partial charge in [0.15, 0.2) is 11.5 Å². The summed E-state index contributed by atoms with van der Waals surface area (Å²) in [4.78, 5) is 15.4. The number of carbonyl (C=O) groups is 1. The lowest BCUT2D eigenvalue weighted by molar-refractivity contribution is -0.135. The SMILES string of the molecule is C=C[C@H]1CN(CCOc2ccc(OC)c(OC)c2)C(=O)C2CCCC1N2S(=O)(=O)c1cc(Cl)cc(Cl)c1. The third-order valence-electron chi connectivity index (χ3n) is 6.83. The first-order valence-electron chi connectivity index (χ1n) is 12.0. The molecule has 2 heterocycles. The van der Waals surface area contributed by atoms with Gasteiger partial charge in [-0.05, 0) is 49.6 Å². The van der Waals surface area contributed by atoms with Gasteiger partial charge in [0.1, 0.15) is 18.4 Å². The van der Waals surface area contributed by atoms with Gasteiger partial charge >= 0.3 is 0 Å². The van der Waals surface area contributed by atoms with Crippen molar-refractivity contribution in [2.24, 2.45) is 5.92 Å². The van der Waals surface area contributed by atoms with Crippen LogP contribution in [0.25, 0.3) is 0 Å². The van der Waals surface area contributed by atoms with Crippen LogP contribution >= 0.6 is 23.2 Å². The number of benzene rings is 2. The second kappa shape index (κ2) is 11.5. The Morgan fingerprint density at radius 2 is 1.76 bits per heavy atom. The highest BCUT2D eigenvalue weighted by Crippen LogP contribution is 2.38. The summed E-state index contributed by atoms with van der Waals surface area (Å²) >= 11 is 12.2. The molecular weight excluding hydrogens is 539 g/mol. The normalized spacial score (nSPS) is 22.3. The molecule has 4 rings (SSSR count). The molecule has 2 aliphatic rings. The third-order valence-corrected chi connectivity index (χ3v) is 9.18. The number of fused-ring (bicyclic) bond motifs is 2. The molecule has 2 unspecified atom stereocenters. The number of nitrogens with zero attached hydrogens (tertiary/aromatic N) is 2. The van der Waals surface area contributed by atoms with Gasteiger partial charge < -0.3 is 19.1 Å². The van der Waals surface area contributed by atoms with Crippen molar-refractivity contribution in [1.82, 2.24) is 9.21 Å². The van der Waals surface area contributed by atoms with Crippen LogP contribution < -0.4 is 14.2 Å². The Balaban J connectivity index is 1.57. The van der Waals surface area contributed by atoms with Crippen molar-refractivity contribution in [2.75, 3.05) is 33.9 Å². The standard InChI is InChI=1S/C26H30Cl2N2O6S/c1-4-17-16-29(10-11-36-20-8-9-24(34-2)25(15-20)35-3)26(31)23-7-5-6-22(17)30(23)37(32,33)21-13-18(27)12-19(28)14-21/h4,8-9,12-15,17,22-23H,1,5-7,10-11,16H2,2-3H3/t17-,22?,23?/m0/s1. The molecule has 0 radical (unpaired) electrons. The number of carbonyl (C=O) groups excluding carboxylic acids is 1. The first kappa shape index (κ1) is 27.6. The molecule has 2 aliphatic heterocycles. The molecule has 2 aromatic rings. The maximum absolute atomic E-state index is 13.8. The zero-order valence-electron chi connectivity index (χ0n) is 20.7. The maximum atomic E-state index is 13.8. The van der Waals surface area contributed by atoms with Crippen molar-refractivity contribution >= 4 is 39.1 Å². The Kier molecular flexibility index (Phi) is 8.58. The van der Waals surface area contributed by atoms with Crippen LogP contribution in [0.1, 0.15) is 19.3 Å². The van der Waals surface area contributed by atoms with E-state index in [9.17, 15) is 13.2 Å². The highest BCUT2D eigenvalue weighted by molar-refractivity contribution is 7.89. The van der Waals surface area contributed by atoms with Gasteiger partial charge in [-0.1, -0.05) is 29.3 Å². The fourth-order valence-electron chi connectivity index (χ4n) is 5.08. The van der Waals surface area contributed by atoms with Crippen molar-refractivity contribution < 1.29 is 27.4 Å². The maximum Gasteiger partial charge on any atom is 0.244 e. The van der Waals surface area contributed by atoms with Crippen LogP contribution in [0, 0.1) is 5.92 Å². The van der Waals surface area contributed by atoms with Crippen molar-refractivity contribution in [3.8, 4) is 17.2 Å². The highest BCUT2D eigenvalue weighted by atomic mass is 35.5. The van der Waals surface area contributed by atoms with Gasteiger partial charge in [-0.3, -0.25) is 4.79 Å². The van der Waals surface area contributed by atoms with Crippen LogP contribution in [-0.4, -0.2) is 69.5 Å². The predicted molar refractivity (Wildman–Crippen MR) is 142 cm³/mol. The van der Waals surface area contributed by atoms with Crippen LogP contribution in [0.3, 0.4) is 0 Å². The van der Waals surface area contributed by atoms with Gasteiger partial charge in [0, 0.05) is 34.6 Å². The van der Waals surface area contributed by atoms with Gasteiger partial charge in [0.25, 0.3) is 0 Å². The third kappa shape index (κ3) is 5.70. The Labute approximate surface area is 227 Å². The number of methoxy groups -OCH3 is 2. The largest absolute Gasteiger partial charge is 0.493 e. The van der Waals surface area contributed by atoms with Crippen LogP contribution in [0.2, 0.25) is 10.0 Å². The highest BCUT2D eigenvalue weighted by Gasteiger charge is 2.49. The van der Waals surface area contributed by atoms with Crippen LogP contribution in [-0.2, 0) is 14.8 Å². The van der Waals surface area contributed by atoms with E-state index < -0.39 is 22.1 Å². The lowest BCUT2D eigenvalue weighted by Crippen LogP contribution is -2.54. The zero-order valence-corrected chi connectivity index (χ0v) is 23.1. The number of ether oxygens (including phenoxy) is 3. The minimum atomic E-state index is -4.05. The molecule has 2 saturated heterocycles. The van der Waals surface area contributed by atoms with E-state index in [2.05, 4.69) is 6.58 Å². The number of piperidine rings is 1. The number of sulfonamides is 1. The smallest absolute Gasteiger partial charge is 0.244 e. The lowest BCUT2D eigenvalue weighted by Gasteiger charge is -2.40. The molecule has 2 bridgehead atoms. The summed E-state index contributed by atoms with van der Waals surface area (Å²) in [7, 11) is -0.955. The predicted octanol–water partition coefficient (Wildman–Crippen LogP) is 4.65. The average Bonchev–Trinajstić information content (AvgIpc) is 2.95. The molecule has 0 N–H and O–H groups in total. The molecule has 1 amide bonds. The van der Waals surface area contributed by atoms with Crippen LogP contribution in [0.5, 0.6) is 17.2 Å². The summed E-state index contributed by atoms with van der Waals surface area (Å²) in [5.74, 6) is 1.19.